The smallest absolute Gasteiger partial charge is 0.0516 e. The van der Waals surface area contributed by atoms with Crippen molar-refractivity contribution >= 4 is 35.3 Å². The van der Waals surface area contributed by atoms with Crippen LogP contribution in [-0.4, -0.2) is 30.6 Å². The Balaban J connectivity index is 0.00000112. The Hall–Kier alpha value is 0.200. The Labute approximate surface area is 106 Å². The van der Waals surface area contributed by atoms with E-state index in [4.69, 9.17) is 11.6 Å². The zero-order chi connectivity index (χ0) is 9.97. The topological polar surface area (TPSA) is 15.3 Å². The molecule has 0 spiro atoms. The molecule has 5 heteroatoms. The molecule has 1 atom stereocenters. The van der Waals surface area contributed by atoms with Crippen molar-refractivity contribution in [2.75, 3.05) is 19.6 Å². The fraction of sp³-hybridized carbons (Fsp3) is 0.600. The minimum atomic E-state index is 0. The van der Waals surface area contributed by atoms with Gasteiger partial charge in [-0.25, -0.2) is 0 Å². The summed E-state index contributed by atoms with van der Waals surface area (Å²) in [7, 11) is 0. The highest BCUT2D eigenvalue weighted by Gasteiger charge is 2.18. The Morgan fingerprint density at radius 3 is 3.07 bits per heavy atom. The Morgan fingerprint density at radius 2 is 2.47 bits per heavy atom. The van der Waals surface area contributed by atoms with Crippen LogP contribution in [0.1, 0.15) is 11.8 Å². The molecule has 1 fully saturated rings. The molecule has 1 saturated heterocycles. The monoisotopic (exact) mass is 266 g/mol. The summed E-state index contributed by atoms with van der Waals surface area (Å²) < 4.78 is 0. The van der Waals surface area contributed by atoms with Crippen LogP contribution in [0, 0.1) is 0 Å². The van der Waals surface area contributed by atoms with E-state index in [0.29, 0.717) is 6.04 Å². The van der Waals surface area contributed by atoms with Gasteiger partial charge in [0.05, 0.1) is 5.02 Å². The number of rotatable bonds is 2. The predicted molar refractivity (Wildman–Crippen MR) is 69.3 cm³/mol. The van der Waals surface area contributed by atoms with Crippen LogP contribution in [0.2, 0.25) is 5.02 Å². The van der Waals surface area contributed by atoms with Crippen LogP contribution >= 0.6 is 35.3 Å². The molecule has 2 nitrogen and oxygen atoms in total. The lowest BCUT2D eigenvalue weighted by molar-refractivity contribution is 0.167. The number of thiophene rings is 1. The highest BCUT2D eigenvalue weighted by atomic mass is 35.5. The average Bonchev–Trinajstić information content (AvgIpc) is 2.56. The molecule has 1 unspecified atom stereocenters. The number of nitrogens with zero attached hydrogens (tertiary/aromatic N) is 1. The van der Waals surface area contributed by atoms with Crippen LogP contribution < -0.4 is 5.32 Å². The molecule has 1 N–H and O–H groups in total. The lowest BCUT2D eigenvalue weighted by Gasteiger charge is -2.33. The standard InChI is InChI=1S/C10H15ClN2S.ClH/c1-8-5-12-2-3-13(8)6-10-4-9(11)7-14-10;/h4,7-8,12H,2-3,5-6H2,1H3;1H. The summed E-state index contributed by atoms with van der Waals surface area (Å²) in [6.45, 7) is 6.64. The van der Waals surface area contributed by atoms with E-state index in [9.17, 15) is 0 Å². The maximum Gasteiger partial charge on any atom is 0.0516 e. The molecule has 1 aliphatic heterocycles. The SMILES string of the molecule is CC1CNCCN1Cc1cc(Cl)cs1.Cl. The molecule has 86 valence electrons. The molecule has 15 heavy (non-hydrogen) atoms. The Bertz CT molecular complexity index is 303. The molecule has 0 bridgehead atoms. The molecule has 0 amide bonds. The minimum absolute atomic E-state index is 0. The maximum atomic E-state index is 5.89. The van der Waals surface area contributed by atoms with Crippen molar-refractivity contribution in [2.24, 2.45) is 0 Å². The molecular weight excluding hydrogens is 251 g/mol. The first-order valence-electron chi connectivity index (χ1n) is 4.93. The van der Waals surface area contributed by atoms with Gasteiger partial charge in [0.2, 0.25) is 0 Å². The highest BCUT2D eigenvalue weighted by molar-refractivity contribution is 7.10. The van der Waals surface area contributed by atoms with Crippen molar-refractivity contribution in [1.29, 1.82) is 0 Å². The summed E-state index contributed by atoms with van der Waals surface area (Å²) >= 11 is 7.65. The first kappa shape index (κ1) is 13.3. The summed E-state index contributed by atoms with van der Waals surface area (Å²) in [5.74, 6) is 0. The summed E-state index contributed by atoms with van der Waals surface area (Å²) in [4.78, 5) is 3.86. The van der Waals surface area contributed by atoms with Crippen LogP contribution in [0.15, 0.2) is 11.4 Å². The first-order chi connectivity index (χ1) is 6.75. The minimum Gasteiger partial charge on any atom is -0.314 e. The number of nitrogens with one attached hydrogen (secondary N) is 1. The molecule has 0 aliphatic carbocycles. The molecule has 0 saturated carbocycles. The van der Waals surface area contributed by atoms with Crippen molar-refractivity contribution < 1.29 is 0 Å². The summed E-state index contributed by atoms with van der Waals surface area (Å²) in [5.41, 5.74) is 0. The van der Waals surface area contributed by atoms with E-state index in [1.165, 1.54) is 4.88 Å². The lowest BCUT2D eigenvalue weighted by Crippen LogP contribution is -2.49. The van der Waals surface area contributed by atoms with E-state index in [0.717, 1.165) is 31.2 Å². The normalized spacial score (nSPS) is 22.4. The maximum absolute atomic E-state index is 5.89. The molecule has 1 aromatic rings. The van der Waals surface area contributed by atoms with Gasteiger partial charge in [0.15, 0.2) is 0 Å². The van der Waals surface area contributed by atoms with Crippen LogP contribution in [0.25, 0.3) is 0 Å². The highest BCUT2D eigenvalue weighted by Crippen LogP contribution is 2.21. The number of halogens is 2. The third kappa shape index (κ3) is 3.61. The summed E-state index contributed by atoms with van der Waals surface area (Å²) in [5, 5.41) is 6.26. The van der Waals surface area contributed by atoms with E-state index >= 15 is 0 Å². The molecular formula is C10H16Cl2N2S. The van der Waals surface area contributed by atoms with Crippen LogP contribution in [0.5, 0.6) is 0 Å². The van der Waals surface area contributed by atoms with Gasteiger partial charge in [-0.2, -0.15) is 0 Å². The third-order valence-electron chi connectivity index (χ3n) is 2.62. The van der Waals surface area contributed by atoms with Gasteiger partial charge in [0, 0.05) is 42.5 Å². The van der Waals surface area contributed by atoms with Gasteiger partial charge in [-0.1, -0.05) is 11.6 Å². The zero-order valence-corrected chi connectivity index (χ0v) is 11.1. The van der Waals surface area contributed by atoms with Crippen molar-refractivity contribution in [3.63, 3.8) is 0 Å². The Kier molecular flexibility index (Phi) is 5.36. The molecule has 1 aliphatic rings. The number of hydrogen-bond acceptors (Lipinski definition) is 3. The van der Waals surface area contributed by atoms with Crippen molar-refractivity contribution in [3.8, 4) is 0 Å². The molecule has 0 radical (unpaired) electrons. The first-order valence-corrected chi connectivity index (χ1v) is 6.19. The lowest BCUT2D eigenvalue weighted by atomic mass is 10.2. The van der Waals surface area contributed by atoms with Gasteiger partial charge in [0.1, 0.15) is 0 Å². The van der Waals surface area contributed by atoms with Gasteiger partial charge in [-0.3, -0.25) is 4.90 Å². The second kappa shape index (κ2) is 6.06. The van der Waals surface area contributed by atoms with E-state index in [2.05, 4.69) is 23.2 Å². The van der Waals surface area contributed by atoms with E-state index in [-0.39, 0.29) is 12.4 Å². The van der Waals surface area contributed by atoms with Crippen LogP contribution in [-0.2, 0) is 6.54 Å². The molecule has 2 heterocycles. The van der Waals surface area contributed by atoms with Gasteiger partial charge in [-0.15, -0.1) is 23.7 Å². The van der Waals surface area contributed by atoms with Gasteiger partial charge < -0.3 is 5.32 Å². The number of hydrogen-bond donors (Lipinski definition) is 1. The summed E-state index contributed by atoms with van der Waals surface area (Å²) in [6, 6.07) is 2.70. The van der Waals surface area contributed by atoms with Crippen LogP contribution in [0.3, 0.4) is 0 Å². The van der Waals surface area contributed by atoms with Gasteiger partial charge in [-0.05, 0) is 13.0 Å². The second-order valence-electron chi connectivity index (χ2n) is 3.75. The third-order valence-corrected chi connectivity index (χ3v) is 3.89. The largest absolute Gasteiger partial charge is 0.314 e. The van der Waals surface area contributed by atoms with Gasteiger partial charge >= 0.3 is 0 Å². The average molecular weight is 267 g/mol. The zero-order valence-electron chi connectivity index (χ0n) is 8.70. The van der Waals surface area contributed by atoms with E-state index in [1.54, 1.807) is 11.3 Å². The van der Waals surface area contributed by atoms with E-state index in [1.807, 2.05) is 5.38 Å². The summed E-state index contributed by atoms with van der Waals surface area (Å²) in [6.07, 6.45) is 0. The predicted octanol–water partition coefficient (Wildman–Crippen LogP) is 2.62. The molecule has 1 aromatic heterocycles. The fourth-order valence-electron chi connectivity index (χ4n) is 1.75. The van der Waals surface area contributed by atoms with E-state index < -0.39 is 0 Å². The molecule has 2 rings (SSSR count). The fourth-order valence-corrected chi connectivity index (χ4v) is 2.85. The van der Waals surface area contributed by atoms with Crippen molar-refractivity contribution in [3.05, 3.63) is 21.3 Å². The Morgan fingerprint density at radius 1 is 1.67 bits per heavy atom. The second-order valence-corrected chi connectivity index (χ2v) is 5.19. The molecule has 0 aromatic carbocycles. The van der Waals surface area contributed by atoms with Crippen molar-refractivity contribution in [2.45, 2.75) is 19.5 Å². The van der Waals surface area contributed by atoms with Crippen LogP contribution in [0.4, 0.5) is 0 Å². The number of piperazine rings is 1. The van der Waals surface area contributed by atoms with Crippen molar-refractivity contribution in [1.82, 2.24) is 10.2 Å². The van der Waals surface area contributed by atoms with Gasteiger partial charge in [0.25, 0.3) is 0 Å². The quantitative estimate of drug-likeness (QED) is 0.886.